The molecule has 15 heavy (non-hydrogen) atoms. The second-order valence-electron chi connectivity index (χ2n) is 4.41. The maximum atomic E-state index is 4.51. The van der Waals surface area contributed by atoms with Crippen LogP contribution in [0.4, 0.5) is 0 Å². The minimum atomic E-state index is 1.12. The van der Waals surface area contributed by atoms with E-state index in [0.29, 0.717) is 0 Å². The molecule has 0 aliphatic rings. The quantitative estimate of drug-likeness (QED) is 0.626. The molecule has 0 atom stereocenters. The van der Waals surface area contributed by atoms with Gasteiger partial charge in [0.2, 0.25) is 0 Å². The molecule has 1 heterocycles. The molecule has 0 aliphatic heterocycles. The molecular formula is C13H24N2. The van der Waals surface area contributed by atoms with Crippen molar-refractivity contribution in [3.8, 4) is 0 Å². The molecular weight excluding hydrogens is 184 g/mol. The Morgan fingerprint density at radius 2 is 1.80 bits per heavy atom. The van der Waals surface area contributed by atoms with Crippen molar-refractivity contribution in [2.75, 3.05) is 0 Å². The predicted octanol–water partition coefficient (Wildman–Crippen LogP) is 3.63. The molecule has 2 heteroatoms. The molecule has 0 aromatic carbocycles. The zero-order valence-electron chi connectivity index (χ0n) is 10.4. The molecule has 0 bridgehead atoms. The average Bonchev–Trinajstić information content (AvgIpc) is 2.52. The first-order valence-corrected chi connectivity index (χ1v) is 6.23. The van der Waals surface area contributed by atoms with Gasteiger partial charge in [-0.3, -0.25) is 0 Å². The Morgan fingerprint density at radius 1 is 1.13 bits per heavy atom. The monoisotopic (exact) mass is 208 g/mol. The molecule has 0 N–H and O–H groups in total. The Bertz CT molecular complexity index is 257. The normalized spacial score (nSPS) is 10.9. The van der Waals surface area contributed by atoms with Gasteiger partial charge >= 0.3 is 0 Å². The first-order valence-electron chi connectivity index (χ1n) is 6.23. The van der Waals surface area contributed by atoms with E-state index in [0.717, 1.165) is 12.2 Å². The third-order valence-corrected chi connectivity index (χ3v) is 2.94. The average molecular weight is 208 g/mol. The van der Waals surface area contributed by atoms with E-state index in [1.807, 2.05) is 0 Å². The van der Waals surface area contributed by atoms with Gasteiger partial charge in [-0.25, -0.2) is 4.98 Å². The van der Waals surface area contributed by atoms with E-state index in [1.54, 1.807) is 0 Å². The van der Waals surface area contributed by atoms with Crippen molar-refractivity contribution in [3.05, 3.63) is 17.7 Å². The van der Waals surface area contributed by atoms with Crippen molar-refractivity contribution < 1.29 is 0 Å². The summed E-state index contributed by atoms with van der Waals surface area (Å²) in [4.78, 5) is 4.51. The summed E-state index contributed by atoms with van der Waals surface area (Å²) in [5.41, 5.74) is 1.26. The molecule has 1 aromatic rings. The van der Waals surface area contributed by atoms with Gasteiger partial charge in [0.25, 0.3) is 0 Å². The van der Waals surface area contributed by atoms with Crippen molar-refractivity contribution in [1.29, 1.82) is 0 Å². The highest BCUT2D eigenvalue weighted by molar-refractivity contribution is 5.02. The fourth-order valence-electron chi connectivity index (χ4n) is 1.84. The Labute approximate surface area is 93.7 Å². The first-order chi connectivity index (χ1) is 7.24. The molecule has 0 amide bonds. The molecule has 86 valence electrons. The number of nitrogens with zero attached hydrogens (tertiary/aromatic N) is 2. The van der Waals surface area contributed by atoms with Crippen molar-refractivity contribution in [2.45, 2.75) is 58.8 Å². The fraction of sp³-hybridized carbons (Fsp3) is 0.769. The third kappa shape index (κ3) is 4.50. The summed E-state index contributed by atoms with van der Waals surface area (Å²) in [6.45, 7) is 4.32. The number of unbranched alkanes of at least 4 members (excludes halogenated alkanes) is 5. The lowest BCUT2D eigenvalue weighted by Gasteiger charge is -1.98. The Kier molecular flexibility index (Phi) is 5.44. The Morgan fingerprint density at radius 3 is 2.40 bits per heavy atom. The highest BCUT2D eigenvalue weighted by Gasteiger charge is 2.00. The summed E-state index contributed by atoms with van der Waals surface area (Å²) in [5, 5.41) is 0. The molecule has 0 saturated heterocycles. The Balaban J connectivity index is 2.10. The molecule has 2 nitrogen and oxygen atoms in total. The van der Waals surface area contributed by atoms with E-state index in [-0.39, 0.29) is 0 Å². The van der Waals surface area contributed by atoms with Crippen LogP contribution in [-0.4, -0.2) is 9.55 Å². The van der Waals surface area contributed by atoms with Gasteiger partial charge in [0.1, 0.15) is 5.82 Å². The van der Waals surface area contributed by atoms with Gasteiger partial charge in [-0.1, -0.05) is 39.0 Å². The number of hydrogen-bond acceptors (Lipinski definition) is 1. The van der Waals surface area contributed by atoms with Crippen LogP contribution in [0.15, 0.2) is 6.20 Å². The van der Waals surface area contributed by atoms with E-state index in [4.69, 9.17) is 0 Å². The molecule has 0 spiro atoms. The van der Waals surface area contributed by atoms with Crippen molar-refractivity contribution in [1.82, 2.24) is 9.55 Å². The Hall–Kier alpha value is -0.790. The minimum Gasteiger partial charge on any atom is -0.338 e. The van der Waals surface area contributed by atoms with Crippen molar-refractivity contribution in [2.24, 2.45) is 7.05 Å². The van der Waals surface area contributed by atoms with Crippen LogP contribution in [0.25, 0.3) is 0 Å². The van der Waals surface area contributed by atoms with E-state index >= 15 is 0 Å². The summed E-state index contributed by atoms with van der Waals surface area (Å²) in [6.07, 6.45) is 11.5. The molecule has 0 radical (unpaired) electrons. The van der Waals surface area contributed by atoms with Crippen molar-refractivity contribution >= 4 is 0 Å². The minimum absolute atomic E-state index is 1.12. The van der Waals surface area contributed by atoms with Crippen LogP contribution in [0.3, 0.4) is 0 Å². The van der Waals surface area contributed by atoms with Crippen LogP contribution >= 0.6 is 0 Å². The lowest BCUT2D eigenvalue weighted by Crippen LogP contribution is -1.86. The molecule has 1 rings (SSSR count). The van der Waals surface area contributed by atoms with Crippen molar-refractivity contribution in [3.63, 3.8) is 0 Å². The highest BCUT2D eigenvalue weighted by Crippen LogP contribution is 2.09. The van der Waals surface area contributed by atoms with Gasteiger partial charge in [0, 0.05) is 13.2 Å². The van der Waals surface area contributed by atoms with E-state index in [9.17, 15) is 0 Å². The third-order valence-electron chi connectivity index (χ3n) is 2.94. The van der Waals surface area contributed by atoms with E-state index in [2.05, 4.69) is 36.6 Å². The van der Waals surface area contributed by atoms with Crippen LogP contribution in [0.5, 0.6) is 0 Å². The lowest BCUT2D eigenvalue weighted by atomic mass is 10.1. The second-order valence-corrected chi connectivity index (χ2v) is 4.41. The first kappa shape index (κ1) is 12.3. The summed E-state index contributed by atoms with van der Waals surface area (Å²) in [6, 6.07) is 0. The topological polar surface area (TPSA) is 17.8 Å². The molecule has 0 aliphatic carbocycles. The smallest absolute Gasteiger partial charge is 0.105 e. The van der Waals surface area contributed by atoms with Crippen LogP contribution < -0.4 is 0 Å². The van der Waals surface area contributed by atoms with Crippen LogP contribution in [0, 0.1) is 6.92 Å². The maximum Gasteiger partial charge on any atom is 0.105 e. The molecule has 0 unspecified atom stereocenters. The number of imidazole rings is 1. The van der Waals surface area contributed by atoms with Crippen LogP contribution in [0.1, 0.15) is 57.0 Å². The maximum absolute atomic E-state index is 4.51. The summed E-state index contributed by atoms with van der Waals surface area (Å²) in [7, 11) is 2.06. The summed E-state index contributed by atoms with van der Waals surface area (Å²) >= 11 is 0. The van der Waals surface area contributed by atoms with E-state index < -0.39 is 0 Å². The van der Waals surface area contributed by atoms with Gasteiger partial charge in [-0.2, -0.15) is 0 Å². The zero-order chi connectivity index (χ0) is 11.1. The largest absolute Gasteiger partial charge is 0.338 e. The molecule has 1 aromatic heterocycles. The predicted molar refractivity (Wildman–Crippen MR) is 65.0 cm³/mol. The lowest BCUT2D eigenvalue weighted by molar-refractivity contribution is 0.605. The fourth-order valence-corrected chi connectivity index (χ4v) is 1.84. The van der Waals surface area contributed by atoms with Gasteiger partial charge in [0.15, 0.2) is 0 Å². The SMILES string of the molecule is CCCCCCCCc1cn(C)c(C)n1. The van der Waals surface area contributed by atoms with Gasteiger partial charge in [0.05, 0.1) is 5.69 Å². The molecule has 0 saturated carbocycles. The number of aryl methyl sites for hydroxylation is 3. The number of rotatable bonds is 7. The summed E-state index contributed by atoms with van der Waals surface area (Å²) in [5.74, 6) is 1.12. The summed E-state index contributed by atoms with van der Waals surface area (Å²) < 4.78 is 2.10. The van der Waals surface area contributed by atoms with Crippen LogP contribution in [0.2, 0.25) is 0 Å². The van der Waals surface area contributed by atoms with Gasteiger partial charge < -0.3 is 4.57 Å². The van der Waals surface area contributed by atoms with E-state index in [1.165, 1.54) is 44.2 Å². The highest BCUT2D eigenvalue weighted by atomic mass is 15.0. The zero-order valence-corrected chi connectivity index (χ0v) is 10.4. The number of aromatic nitrogens is 2. The van der Waals surface area contributed by atoms with Crippen LogP contribution in [-0.2, 0) is 13.5 Å². The molecule has 0 fully saturated rings. The van der Waals surface area contributed by atoms with Gasteiger partial charge in [-0.05, 0) is 19.8 Å². The number of hydrogen-bond donors (Lipinski definition) is 0. The second kappa shape index (κ2) is 6.65. The standard InChI is InChI=1S/C13H24N2/c1-4-5-6-7-8-9-10-13-11-15(3)12(2)14-13/h11H,4-10H2,1-3H3. The van der Waals surface area contributed by atoms with Gasteiger partial charge in [-0.15, -0.1) is 0 Å².